The number of ether oxygens (including phenoxy) is 2. The maximum Gasteiger partial charge on any atom is 0.407 e. The average Bonchev–Trinajstić information content (AvgIpc) is 3.65. The predicted molar refractivity (Wildman–Crippen MR) is 192 cm³/mol. The molecule has 3 aromatic carbocycles. The molecule has 268 valence electrons. The summed E-state index contributed by atoms with van der Waals surface area (Å²) in [6, 6.07) is 18.6. The minimum atomic E-state index is -0.866. The zero-order valence-electron chi connectivity index (χ0n) is 29.0. The number of amides is 3. The van der Waals surface area contributed by atoms with Crippen LogP contribution < -0.4 is 16.0 Å². The standard InChI is InChI=1S/C37H42ClN7O6/c1-37(2,3)51-36(49)39-21-23-7-11-26(12-8-23)33(46)41-31(34(47)40-28-16-13-25(14-17-28)32-42-44-45-43-32)19-22-5-9-24(10-6-22)29-18-15-27(20-30(29)38)35(48)50-4/h5-6,9-10,13-18,20,23,26,31H,7-8,11-12,19,21H2,1-4H3,(H,39,49)(H,40,47)(H,41,46)(H,42,43,44,45). The van der Waals surface area contributed by atoms with Crippen LogP contribution in [0.4, 0.5) is 10.5 Å². The normalized spacial score (nSPS) is 16.4. The first-order valence-electron chi connectivity index (χ1n) is 16.8. The number of hydrogen-bond donors (Lipinski definition) is 4. The number of hydrogen-bond acceptors (Lipinski definition) is 9. The number of esters is 1. The zero-order chi connectivity index (χ0) is 36.5. The molecule has 1 heterocycles. The van der Waals surface area contributed by atoms with Crippen molar-refractivity contribution in [1.82, 2.24) is 31.3 Å². The molecule has 5 rings (SSSR count). The monoisotopic (exact) mass is 715 g/mol. The van der Waals surface area contributed by atoms with Gasteiger partial charge in [0.25, 0.3) is 0 Å². The van der Waals surface area contributed by atoms with E-state index in [0.717, 1.165) is 35.1 Å². The van der Waals surface area contributed by atoms with Crippen LogP contribution in [0.5, 0.6) is 0 Å². The van der Waals surface area contributed by atoms with Crippen LogP contribution in [0.15, 0.2) is 66.7 Å². The number of aromatic amines is 1. The number of halogens is 1. The quantitative estimate of drug-likeness (QED) is 0.136. The van der Waals surface area contributed by atoms with Gasteiger partial charge in [0.2, 0.25) is 17.6 Å². The van der Waals surface area contributed by atoms with E-state index < -0.39 is 23.7 Å². The van der Waals surface area contributed by atoms with Crippen molar-refractivity contribution in [2.75, 3.05) is 19.0 Å². The molecule has 1 saturated carbocycles. The molecule has 4 N–H and O–H groups in total. The number of nitrogens with zero attached hydrogens (tertiary/aromatic N) is 3. The molecule has 14 heteroatoms. The number of carbonyl (C=O) groups excluding carboxylic acids is 4. The second kappa shape index (κ2) is 16.6. The number of H-pyrrole nitrogens is 1. The van der Waals surface area contributed by atoms with Crippen molar-refractivity contribution in [2.45, 2.75) is 64.5 Å². The molecule has 1 fully saturated rings. The second-order valence-electron chi connectivity index (χ2n) is 13.6. The maximum absolute atomic E-state index is 13.7. The predicted octanol–water partition coefficient (Wildman–Crippen LogP) is 5.97. The summed E-state index contributed by atoms with van der Waals surface area (Å²) in [5.74, 6) is -0.620. The van der Waals surface area contributed by atoms with Crippen LogP contribution in [0, 0.1) is 11.8 Å². The van der Waals surface area contributed by atoms with E-state index in [1.165, 1.54) is 7.11 Å². The van der Waals surface area contributed by atoms with Gasteiger partial charge in [0, 0.05) is 40.7 Å². The molecule has 0 bridgehead atoms. The van der Waals surface area contributed by atoms with Gasteiger partial charge in [0.1, 0.15) is 11.6 Å². The van der Waals surface area contributed by atoms with Gasteiger partial charge in [-0.25, -0.2) is 9.59 Å². The van der Waals surface area contributed by atoms with Gasteiger partial charge in [0.05, 0.1) is 12.7 Å². The number of aromatic nitrogens is 4. The SMILES string of the molecule is COC(=O)c1ccc(-c2ccc(CC(NC(=O)C3CCC(CNC(=O)OC(C)(C)C)CC3)C(=O)Nc3ccc(-c4nn[nH]n4)cc3)cc2)c(Cl)c1. The average molecular weight is 716 g/mol. The Morgan fingerprint density at radius 1 is 0.941 bits per heavy atom. The van der Waals surface area contributed by atoms with Crippen LogP contribution >= 0.6 is 11.6 Å². The molecule has 1 aromatic heterocycles. The van der Waals surface area contributed by atoms with E-state index in [2.05, 4.69) is 36.6 Å². The Morgan fingerprint density at radius 3 is 2.24 bits per heavy atom. The highest BCUT2D eigenvalue weighted by Gasteiger charge is 2.30. The summed E-state index contributed by atoms with van der Waals surface area (Å²) in [6.07, 6.45) is 2.60. The molecular weight excluding hydrogens is 674 g/mol. The van der Waals surface area contributed by atoms with E-state index in [1.54, 1.807) is 42.5 Å². The lowest BCUT2D eigenvalue weighted by Crippen LogP contribution is -2.48. The van der Waals surface area contributed by atoms with Gasteiger partial charge in [-0.2, -0.15) is 5.21 Å². The minimum absolute atomic E-state index is 0.185. The van der Waals surface area contributed by atoms with Gasteiger partial charge in [-0.15, -0.1) is 10.2 Å². The van der Waals surface area contributed by atoms with Crippen LogP contribution in [-0.4, -0.2) is 69.8 Å². The molecule has 0 saturated heterocycles. The Balaban J connectivity index is 1.25. The number of rotatable bonds is 11. The first-order valence-corrected chi connectivity index (χ1v) is 17.2. The van der Waals surface area contributed by atoms with Gasteiger partial charge < -0.3 is 25.4 Å². The summed E-state index contributed by atoms with van der Waals surface area (Å²) in [5, 5.41) is 23.1. The Kier molecular flexibility index (Phi) is 12.0. The van der Waals surface area contributed by atoms with Gasteiger partial charge in [-0.3, -0.25) is 9.59 Å². The number of benzene rings is 3. The van der Waals surface area contributed by atoms with Crippen molar-refractivity contribution < 1.29 is 28.7 Å². The lowest BCUT2D eigenvalue weighted by atomic mass is 9.81. The van der Waals surface area contributed by atoms with Crippen LogP contribution in [0.1, 0.15) is 62.4 Å². The molecule has 13 nitrogen and oxygen atoms in total. The Hall–Kier alpha value is -5.30. The molecule has 1 aliphatic rings. The van der Waals surface area contributed by atoms with Gasteiger partial charge in [-0.1, -0.05) is 41.9 Å². The zero-order valence-corrected chi connectivity index (χ0v) is 29.8. The Labute approximate surface area is 301 Å². The molecule has 0 spiro atoms. The fraction of sp³-hybridized carbons (Fsp3) is 0.378. The van der Waals surface area contributed by atoms with E-state index in [1.807, 2.05) is 45.0 Å². The first kappa shape index (κ1) is 37.0. The van der Waals surface area contributed by atoms with Crippen molar-refractivity contribution in [3.63, 3.8) is 0 Å². The Morgan fingerprint density at radius 2 is 1.63 bits per heavy atom. The number of alkyl carbamates (subject to hydrolysis) is 1. The fourth-order valence-corrected chi connectivity index (χ4v) is 6.23. The van der Waals surface area contributed by atoms with Crippen molar-refractivity contribution in [3.05, 3.63) is 82.9 Å². The van der Waals surface area contributed by atoms with Crippen LogP contribution in [0.2, 0.25) is 5.02 Å². The van der Waals surface area contributed by atoms with E-state index >= 15 is 0 Å². The summed E-state index contributed by atoms with van der Waals surface area (Å²) < 4.78 is 10.1. The lowest BCUT2D eigenvalue weighted by molar-refractivity contribution is -0.130. The van der Waals surface area contributed by atoms with Crippen molar-refractivity contribution >= 4 is 41.2 Å². The fourth-order valence-electron chi connectivity index (χ4n) is 5.94. The van der Waals surface area contributed by atoms with Crippen molar-refractivity contribution in [3.8, 4) is 22.5 Å². The van der Waals surface area contributed by atoms with E-state index in [0.29, 0.717) is 41.5 Å². The highest BCUT2D eigenvalue weighted by Crippen LogP contribution is 2.31. The van der Waals surface area contributed by atoms with Gasteiger partial charge >= 0.3 is 12.1 Å². The largest absolute Gasteiger partial charge is 0.465 e. The van der Waals surface area contributed by atoms with Crippen molar-refractivity contribution in [2.24, 2.45) is 11.8 Å². The number of methoxy groups -OCH3 is 1. The lowest BCUT2D eigenvalue weighted by Gasteiger charge is -2.29. The molecule has 0 aliphatic heterocycles. The number of carbonyl (C=O) groups is 4. The summed E-state index contributed by atoms with van der Waals surface area (Å²) in [7, 11) is 1.31. The van der Waals surface area contributed by atoms with Gasteiger partial charge in [0.15, 0.2) is 0 Å². The van der Waals surface area contributed by atoms with Crippen molar-refractivity contribution in [1.29, 1.82) is 0 Å². The van der Waals surface area contributed by atoms with E-state index in [9.17, 15) is 19.2 Å². The molecule has 4 aromatic rings. The second-order valence-corrected chi connectivity index (χ2v) is 14.0. The topological polar surface area (TPSA) is 177 Å². The third-order valence-electron chi connectivity index (χ3n) is 8.64. The van der Waals surface area contributed by atoms with E-state index in [4.69, 9.17) is 21.1 Å². The summed E-state index contributed by atoms with van der Waals surface area (Å²) >= 11 is 6.50. The third-order valence-corrected chi connectivity index (χ3v) is 8.95. The number of anilines is 1. The maximum atomic E-state index is 13.7. The molecule has 0 radical (unpaired) electrons. The summed E-state index contributed by atoms with van der Waals surface area (Å²) in [5.41, 5.74) is 3.43. The third kappa shape index (κ3) is 10.4. The first-order chi connectivity index (χ1) is 24.4. The minimum Gasteiger partial charge on any atom is -0.465 e. The number of tetrazole rings is 1. The van der Waals surface area contributed by atoms with Crippen LogP contribution in [-0.2, 0) is 25.5 Å². The molecule has 1 atom stereocenters. The molecular formula is C37H42ClN7O6. The highest BCUT2D eigenvalue weighted by atomic mass is 35.5. The molecule has 3 amide bonds. The van der Waals surface area contributed by atoms with E-state index in [-0.39, 0.29) is 30.1 Å². The Bertz CT molecular complexity index is 1820. The van der Waals surface area contributed by atoms with Crippen LogP contribution in [0.25, 0.3) is 22.5 Å². The molecule has 1 unspecified atom stereocenters. The highest BCUT2D eigenvalue weighted by molar-refractivity contribution is 6.33. The van der Waals surface area contributed by atoms with Crippen LogP contribution in [0.3, 0.4) is 0 Å². The number of nitrogens with one attached hydrogen (secondary N) is 4. The molecule has 1 aliphatic carbocycles. The summed E-state index contributed by atoms with van der Waals surface area (Å²) in [6.45, 7) is 5.93. The summed E-state index contributed by atoms with van der Waals surface area (Å²) in [4.78, 5) is 51.3. The smallest absolute Gasteiger partial charge is 0.407 e. The van der Waals surface area contributed by atoms with Gasteiger partial charge in [-0.05, 0) is 105 Å². The molecule has 51 heavy (non-hydrogen) atoms.